The highest BCUT2D eigenvalue weighted by Gasteiger charge is 2.01. The maximum atomic E-state index is 12.7. The zero-order valence-electron chi connectivity index (χ0n) is 8.60. The van der Waals surface area contributed by atoms with Crippen molar-refractivity contribution >= 4 is 0 Å². The number of rotatable bonds is 3. The summed E-state index contributed by atoms with van der Waals surface area (Å²) in [6.07, 6.45) is 4.00. The summed E-state index contributed by atoms with van der Waals surface area (Å²) in [6, 6.07) is 8.32. The van der Waals surface area contributed by atoms with Gasteiger partial charge in [0, 0.05) is 11.8 Å². The smallest absolute Gasteiger partial charge is 0.123 e. The van der Waals surface area contributed by atoms with Crippen LogP contribution >= 0.6 is 0 Å². The number of aryl methyl sites for hydroxylation is 1. The van der Waals surface area contributed by atoms with E-state index in [2.05, 4.69) is 11.2 Å². The molecule has 2 rings (SSSR count). The summed E-state index contributed by atoms with van der Waals surface area (Å²) in [5.41, 5.74) is 1.85. The second-order valence-electron chi connectivity index (χ2n) is 3.41. The van der Waals surface area contributed by atoms with E-state index in [0.29, 0.717) is 13.0 Å². The van der Waals surface area contributed by atoms with Crippen LogP contribution in [0, 0.1) is 17.1 Å². The molecule has 0 atom stereocenters. The van der Waals surface area contributed by atoms with Crippen molar-refractivity contribution in [2.75, 3.05) is 0 Å². The third kappa shape index (κ3) is 2.26. The second kappa shape index (κ2) is 4.58. The van der Waals surface area contributed by atoms with Crippen molar-refractivity contribution in [3.63, 3.8) is 0 Å². The Morgan fingerprint density at radius 2 is 2.00 bits per heavy atom. The molecule has 0 N–H and O–H groups in total. The van der Waals surface area contributed by atoms with E-state index in [1.807, 2.05) is 6.20 Å². The Kier molecular flexibility index (Phi) is 2.97. The fourth-order valence-corrected chi connectivity index (χ4v) is 1.44. The highest BCUT2D eigenvalue weighted by atomic mass is 19.1. The molecule has 16 heavy (non-hydrogen) atoms. The molecule has 0 saturated heterocycles. The third-order valence-corrected chi connectivity index (χ3v) is 2.26. The average Bonchev–Trinajstić information content (AvgIpc) is 2.76. The van der Waals surface area contributed by atoms with Gasteiger partial charge in [0.1, 0.15) is 5.82 Å². The van der Waals surface area contributed by atoms with E-state index in [-0.39, 0.29) is 5.82 Å². The zero-order chi connectivity index (χ0) is 11.4. The Morgan fingerprint density at radius 3 is 2.69 bits per heavy atom. The molecule has 0 saturated carbocycles. The standard InChI is InChI=1S/C12H10FN3/c13-12-4-2-10(3-5-12)11-8-15-16(9-11)7-1-6-14/h2-5,8-9H,1,7H2. The lowest BCUT2D eigenvalue weighted by atomic mass is 10.1. The number of hydrogen-bond donors (Lipinski definition) is 0. The molecular weight excluding hydrogens is 205 g/mol. The molecule has 1 heterocycles. The van der Waals surface area contributed by atoms with Gasteiger partial charge in [0.15, 0.2) is 0 Å². The first-order valence-corrected chi connectivity index (χ1v) is 4.95. The fourth-order valence-electron chi connectivity index (χ4n) is 1.44. The quantitative estimate of drug-likeness (QED) is 0.789. The molecule has 0 bridgehead atoms. The molecule has 0 fully saturated rings. The van der Waals surface area contributed by atoms with E-state index in [1.54, 1.807) is 23.0 Å². The van der Waals surface area contributed by atoms with Gasteiger partial charge >= 0.3 is 0 Å². The minimum absolute atomic E-state index is 0.249. The Labute approximate surface area is 92.7 Å². The van der Waals surface area contributed by atoms with E-state index in [4.69, 9.17) is 5.26 Å². The highest BCUT2D eigenvalue weighted by molar-refractivity contribution is 5.61. The van der Waals surface area contributed by atoms with Crippen molar-refractivity contribution in [1.82, 2.24) is 9.78 Å². The van der Waals surface area contributed by atoms with Gasteiger partial charge < -0.3 is 0 Å². The first kappa shape index (κ1) is 10.4. The van der Waals surface area contributed by atoms with Crippen LogP contribution in [0.3, 0.4) is 0 Å². The first-order valence-electron chi connectivity index (χ1n) is 4.95. The maximum absolute atomic E-state index is 12.7. The lowest BCUT2D eigenvalue weighted by molar-refractivity contribution is 0.627. The predicted octanol–water partition coefficient (Wildman–Crippen LogP) is 2.60. The Morgan fingerprint density at radius 1 is 1.25 bits per heavy atom. The summed E-state index contributed by atoms with van der Waals surface area (Å²) in [6.45, 7) is 0.581. The molecular formula is C12H10FN3. The van der Waals surface area contributed by atoms with Gasteiger partial charge in [-0.2, -0.15) is 10.4 Å². The van der Waals surface area contributed by atoms with Crippen molar-refractivity contribution in [3.05, 3.63) is 42.5 Å². The van der Waals surface area contributed by atoms with Crippen LogP contribution in [0.5, 0.6) is 0 Å². The SMILES string of the molecule is N#CCCn1cc(-c2ccc(F)cc2)cn1. The normalized spacial score (nSPS) is 10.0. The molecule has 3 nitrogen and oxygen atoms in total. The summed E-state index contributed by atoms with van der Waals surface area (Å²) < 4.78 is 14.4. The molecule has 80 valence electrons. The number of hydrogen-bond acceptors (Lipinski definition) is 2. The topological polar surface area (TPSA) is 41.6 Å². The molecule has 0 radical (unpaired) electrons. The van der Waals surface area contributed by atoms with Crippen LogP contribution < -0.4 is 0 Å². The maximum Gasteiger partial charge on any atom is 0.123 e. The Hall–Kier alpha value is -2.15. The molecule has 0 aliphatic carbocycles. The van der Waals surface area contributed by atoms with E-state index < -0.39 is 0 Å². The largest absolute Gasteiger partial charge is 0.271 e. The van der Waals surface area contributed by atoms with Gasteiger partial charge in [-0.1, -0.05) is 12.1 Å². The number of nitrogens with zero attached hydrogens (tertiary/aromatic N) is 3. The van der Waals surface area contributed by atoms with E-state index >= 15 is 0 Å². The summed E-state index contributed by atoms with van der Waals surface area (Å²) in [5.74, 6) is -0.249. The molecule has 0 amide bonds. The van der Waals surface area contributed by atoms with Gasteiger partial charge in [-0.3, -0.25) is 4.68 Å². The molecule has 2 aromatic rings. The molecule has 1 aromatic heterocycles. The summed E-state index contributed by atoms with van der Waals surface area (Å²) in [4.78, 5) is 0. The third-order valence-electron chi connectivity index (χ3n) is 2.26. The van der Waals surface area contributed by atoms with Crippen molar-refractivity contribution in [3.8, 4) is 17.2 Å². The van der Waals surface area contributed by atoms with Crippen LogP contribution in [0.2, 0.25) is 0 Å². The molecule has 0 aliphatic rings. The van der Waals surface area contributed by atoms with Crippen molar-refractivity contribution < 1.29 is 4.39 Å². The highest BCUT2D eigenvalue weighted by Crippen LogP contribution is 2.18. The second-order valence-corrected chi connectivity index (χ2v) is 3.41. The van der Waals surface area contributed by atoms with Gasteiger partial charge in [0.2, 0.25) is 0 Å². The van der Waals surface area contributed by atoms with Crippen molar-refractivity contribution in [2.24, 2.45) is 0 Å². The van der Waals surface area contributed by atoms with Gasteiger partial charge in [-0.05, 0) is 17.7 Å². The Balaban J connectivity index is 2.18. The van der Waals surface area contributed by atoms with Crippen LogP contribution in [0.25, 0.3) is 11.1 Å². The predicted molar refractivity (Wildman–Crippen MR) is 57.9 cm³/mol. The van der Waals surface area contributed by atoms with E-state index in [9.17, 15) is 4.39 Å². The number of aromatic nitrogens is 2. The number of benzene rings is 1. The lowest BCUT2D eigenvalue weighted by Gasteiger charge is -1.96. The summed E-state index contributed by atoms with van der Waals surface area (Å²) >= 11 is 0. The van der Waals surface area contributed by atoms with Gasteiger partial charge in [-0.25, -0.2) is 4.39 Å². The monoisotopic (exact) mass is 215 g/mol. The van der Waals surface area contributed by atoms with E-state index in [1.165, 1.54) is 12.1 Å². The van der Waals surface area contributed by atoms with Crippen LogP contribution in [0.4, 0.5) is 4.39 Å². The van der Waals surface area contributed by atoms with Crippen molar-refractivity contribution in [2.45, 2.75) is 13.0 Å². The minimum Gasteiger partial charge on any atom is -0.271 e. The van der Waals surface area contributed by atoms with E-state index in [0.717, 1.165) is 11.1 Å². The minimum atomic E-state index is -0.249. The van der Waals surface area contributed by atoms with Crippen LogP contribution in [-0.4, -0.2) is 9.78 Å². The average molecular weight is 215 g/mol. The molecule has 0 aliphatic heterocycles. The Bertz CT molecular complexity index is 508. The molecule has 4 heteroatoms. The van der Waals surface area contributed by atoms with Crippen LogP contribution in [0.1, 0.15) is 6.42 Å². The fraction of sp³-hybridized carbons (Fsp3) is 0.167. The van der Waals surface area contributed by atoms with Crippen molar-refractivity contribution in [1.29, 1.82) is 5.26 Å². The molecule has 0 unspecified atom stereocenters. The van der Waals surface area contributed by atoms with Gasteiger partial charge in [-0.15, -0.1) is 0 Å². The van der Waals surface area contributed by atoms with Crippen LogP contribution in [-0.2, 0) is 6.54 Å². The number of halogens is 1. The molecule has 0 spiro atoms. The zero-order valence-corrected chi connectivity index (χ0v) is 8.60. The van der Waals surface area contributed by atoms with Crippen LogP contribution in [0.15, 0.2) is 36.7 Å². The first-order chi connectivity index (χ1) is 7.79. The lowest BCUT2D eigenvalue weighted by Crippen LogP contribution is -1.96. The number of nitriles is 1. The van der Waals surface area contributed by atoms with Gasteiger partial charge in [0.05, 0.1) is 25.2 Å². The summed E-state index contributed by atoms with van der Waals surface area (Å²) in [7, 11) is 0. The molecule has 1 aromatic carbocycles. The van der Waals surface area contributed by atoms with Gasteiger partial charge in [0.25, 0.3) is 0 Å². The summed E-state index contributed by atoms with van der Waals surface area (Å²) in [5, 5.41) is 12.6.